The van der Waals surface area contributed by atoms with Gasteiger partial charge in [-0.2, -0.15) is 0 Å². The SMILES string of the molecule is Cc1cc([N+](=O)[O-])c(OC(F)(F)F)nc1CN. The predicted octanol–water partition coefficient (Wildman–Crippen LogP) is 1.66. The zero-order valence-electron chi connectivity index (χ0n) is 8.61. The molecule has 0 bridgehead atoms. The van der Waals surface area contributed by atoms with Crippen LogP contribution in [-0.4, -0.2) is 16.3 Å². The summed E-state index contributed by atoms with van der Waals surface area (Å²) >= 11 is 0. The van der Waals surface area contributed by atoms with Crippen LogP contribution in [0.25, 0.3) is 0 Å². The maximum Gasteiger partial charge on any atom is 0.574 e. The van der Waals surface area contributed by atoms with E-state index in [9.17, 15) is 23.3 Å². The number of halogens is 3. The van der Waals surface area contributed by atoms with Crippen molar-refractivity contribution < 1.29 is 22.8 Å². The van der Waals surface area contributed by atoms with Crippen molar-refractivity contribution in [2.45, 2.75) is 19.8 Å². The van der Waals surface area contributed by atoms with Crippen molar-refractivity contribution in [3.63, 3.8) is 0 Å². The number of hydrogen-bond donors (Lipinski definition) is 1. The van der Waals surface area contributed by atoms with Gasteiger partial charge in [-0.05, 0) is 12.5 Å². The van der Waals surface area contributed by atoms with Crippen molar-refractivity contribution in [1.82, 2.24) is 4.98 Å². The highest BCUT2D eigenvalue weighted by Gasteiger charge is 2.35. The van der Waals surface area contributed by atoms with Crippen LogP contribution in [0.4, 0.5) is 18.9 Å². The van der Waals surface area contributed by atoms with Gasteiger partial charge < -0.3 is 10.5 Å². The molecule has 0 amide bonds. The van der Waals surface area contributed by atoms with Crippen LogP contribution >= 0.6 is 0 Å². The minimum absolute atomic E-state index is 0.106. The molecule has 0 saturated carbocycles. The second-order valence-corrected chi connectivity index (χ2v) is 3.09. The number of nitro groups is 1. The highest BCUT2D eigenvalue weighted by atomic mass is 19.4. The molecule has 0 aliphatic carbocycles. The zero-order valence-corrected chi connectivity index (χ0v) is 8.61. The third-order valence-electron chi connectivity index (χ3n) is 1.87. The molecule has 0 aromatic carbocycles. The largest absolute Gasteiger partial charge is 0.574 e. The Morgan fingerprint density at radius 3 is 2.59 bits per heavy atom. The lowest BCUT2D eigenvalue weighted by molar-refractivity contribution is -0.389. The van der Waals surface area contributed by atoms with Crippen LogP contribution in [0, 0.1) is 17.0 Å². The molecule has 6 nitrogen and oxygen atoms in total. The molecule has 1 heterocycles. The average Bonchev–Trinajstić information content (AvgIpc) is 2.17. The zero-order chi connectivity index (χ0) is 13.2. The summed E-state index contributed by atoms with van der Waals surface area (Å²) < 4.78 is 39.5. The van der Waals surface area contributed by atoms with Gasteiger partial charge in [-0.1, -0.05) is 0 Å². The molecule has 1 aromatic heterocycles. The Morgan fingerprint density at radius 2 is 2.18 bits per heavy atom. The van der Waals surface area contributed by atoms with Gasteiger partial charge in [-0.3, -0.25) is 10.1 Å². The van der Waals surface area contributed by atoms with E-state index < -0.39 is 22.9 Å². The minimum Gasteiger partial charge on any atom is -0.381 e. The van der Waals surface area contributed by atoms with E-state index in [4.69, 9.17) is 5.73 Å². The Morgan fingerprint density at radius 1 is 1.59 bits per heavy atom. The molecular formula is C8H8F3N3O3. The van der Waals surface area contributed by atoms with Crippen LogP contribution in [-0.2, 0) is 6.54 Å². The lowest BCUT2D eigenvalue weighted by Crippen LogP contribution is -2.19. The maximum absolute atomic E-state index is 12.0. The Labute approximate surface area is 93.3 Å². The fourth-order valence-electron chi connectivity index (χ4n) is 1.14. The van der Waals surface area contributed by atoms with Gasteiger partial charge >= 0.3 is 17.9 Å². The molecule has 0 atom stereocenters. The molecule has 0 unspecified atom stereocenters. The molecule has 94 valence electrons. The van der Waals surface area contributed by atoms with Gasteiger partial charge in [-0.25, -0.2) is 4.98 Å². The summed E-state index contributed by atoms with van der Waals surface area (Å²) in [6.45, 7) is 1.32. The monoisotopic (exact) mass is 251 g/mol. The van der Waals surface area contributed by atoms with E-state index in [2.05, 4.69) is 9.72 Å². The molecule has 17 heavy (non-hydrogen) atoms. The fourth-order valence-corrected chi connectivity index (χ4v) is 1.14. The van der Waals surface area contributed by atoms with Crippen LogP contribution < -0.4 is 10.5 Å². The van der Waals surface area contributed by atoms with Crippen LogP contribution in [0.5, 0.6) is 5.88 Å². The number of aromatic nitrogens is 1. The summed E-state index contributed by atoms with van der Waals surface area (Å²) in [6, 6.07) is 0.941. The van der Waals surface area contributed by atoms with Crippen LogP contribution in [0.1, 0.15) is 11.3 Å². The van der Waals surface area contributed by atoms with E-state index in [1.54, 1.807) is 0 Å². The van der Waals surface area contributed by atoms with Crippen LogP contribution in [0.15, 0.2) is 6.07 Å². The lowest BCUT2D eigenvalue weighted by atomic mass is 10.2. The molecule has 0 aliphatic rings. The highest BCUT2D eigenvalue weighted by Crippen LogP contribution is 2.31. The molecule has 0 fully saturated rings. The number of nitrogens with zero attached hydrogens (tertiary/aromatic N) is 2. The number of rotatable bonds is 3. The second kappa shape index (κ2) is 4.53. The van der Waals surface area contributed by atoms with E-state index >= 15 is 0 Å². The van der Waals surface area contributed by atoms with Crippen molar-refractivity contribution in [2.75, 3.05) is 0 Å². The van der Waals surface area contributed by atoms with Gasteiger partial charge in [0.2, 0.25) is 0 Å². The Bertz CT molecular complexity index is 448. The lowest BCUT2D eigenvalue weighted by Gasteiger charge is -2.10. The van der Waals surface area contributed by atoms with Crippen molar-refractivity contribution in [3.8, 4) is 5.88 Å². The third-order valence-corrected chi connectivity index (χ3v) is 1.87. The van der Waals surface area contributed by atoms with Crippen molar-refractivity contribution >= 4 is 5.69 Å². The van der Waals surface area contributed by atoms with Crippen LogP contribution in [0.2, 0.25) is 0 Å². The van der Waals surface area contributed by atoms with Crippen molar-refractivity contribution in [2.24, 2.45) is 5.73 Å². The molecule has 2 N–H and O–H groups in total. The summed E-state index contributed by atoms with van der Waals surface area (Å²) in [4.78, 5) is 12.9. The van der Waals surface area contributed by atoms with Gasteiger partial charge in [0.15, 0.2) is 0 Å². The third kappa shape index (κ3) is 3.28. The minimum atomic E-state index is -5.04. The summed E-state index contributed by atoms with van der Waals surface area (Å²) in [7, 11) is 0. The van der Waals surface area contributed by atoms with Crippen molar-refractivity contribution in [3.05, 3.63) is 27.4 Å². The average molecular weight is 251 g/mol. The van der Waals surface area contributed by atoms with E-state index in [0.717, 1.165) is 6.07 Å². The molecule has 0 saturated heterocycles. The number of pyridine rings is 1. The summed E-state index contributed by atoms with van der Waals surface area (Å²) in [5, 5.41) is 10.5. The molecule has 1 aromatic rings. The highest BCUT2D eigenvalue weighted by molar-refractivity contribution is 5.45. The summed E-state index contributed by atoms with van der Waals surface area (Å²) in [5.41, 5.74) is 4.82. The van der Waals surface area contributed by atoms with E-state index in [1.807, 2.05) is 0 Å². The first-order chi connectivity index (χ1) is 7.74. The number of aryl methyl sites for hydroxylation is 1. The Kier molecular flexibility index (Phi) is 3.51. The first-order valence-electron chi connectivity index (χ1n) is 4.35. The van der Waals surface area contributed by atoms with E-state index in [1.165, 1.54) is 6.92 Å². The van der Waals surface area contributed by atoms with E-state index in [0.29, 0.717) is 5.56 Å². The molecule has 1 rings (SSSR count). The molecule has 0 aliphatic heterocycles. The molecule has 0 spiro atoms. The van der Waals surface area contributed by atoms with Crippen molar-refractivity contribution in [1.29, 1.82) is 0 Å². The van der Waals surface area contributed by atoms with Gasteiger partial charge in [0.25, 0.3) is 0 Å². The summed E-state index contributed by atoms with van der Waals surface area (Å²) in [5.74, 6) is -1.10. The normalized spacial score (nSPS) is 11.4. The van der Waals surface area contributed by atoms with E-state index in [-0.39, 0.29) is 12.2 Å². The number of nitrogens with two attached hydrogens (primary N) is 1. The number of hydrogen-bond acceptors (Lipinski definition) is 5. The topological polar surface area (TPSA) is 91.3 Å². The first kappa shape index (κ1) is 13.2. The van der Waals surface area contributed by atoms with Crippen LogP contribution in [0.3, 0.4) is 0 Å². The first-order valence-corrected chi connectivity index (χ1v) is 4.35. The van der Waals surface area contributed by atoms with Gasteiger partial charge in [0, 0.05) is 12.6 Å². The van der Waals surface area contributed by atoms with Gasteiger partial charge in [0.05, 0.1) is 10.6 Å². The van der Waals surface area contributed by atoms with Gasteiger partial charge in [-0.15, -0.1) is 13.2 Å². The standard InChI is InChI=1S/C8H8F3N3O3/c1-4-2-6(14(15)16)7(13-5(4)3-12)17-8(9,10)11/h2H,3,12H2,1H3. The number of ether oxygens (including phenoxy) is 1. The maximum atomic E-state index is 12.0. The Hall–Kier alpha value is -1.90. The Balaban J connectivity index is 3.29. The summed E-state index contributed by atoms with van der Waals surface area (Å²) in [6.07, 6.45) is -5.04. The molecule has 9 heteroatoms. The number of alkyl halides is 3. The molecule has 0 radical (unpaired) electrons. The second-order valence-electron chi connectivity index (χ2n) is 3.09. The van der Waals surface area contributed by atoms with Gasteiger partial charge in [0.1, 0.15) is 0 Å². The smallest absolute Gasteiger partial charge is 0.381 e. The molecular weight excluding hydrogens is 243 g/mol. The predicted molar refractivity (Wildman–Crippen MR) is 50.2 cm³/mol. The quantitative estimate of drug-likeness (QED) is 0.651. The fraction of sp³-hybridized carbons (Fsp3) is 0.375.